The molecule has 0 saturated carbocycles. The van der Waals surface area contributed by atoms with Crippen molar-refractivity contribution in [3.05, 3.63) is 0 Å². The Bertz CT molecular complexity index is 143. The van der Waals surface area contributed by atoms with E-state index >= 15 is 0 Å². The summed E-state index contributed by atoms with van der Waals surface area (Å²) in [7, 11) is 0. The molecule has 0 amide bonds. The maximum atomic E-state index is 5.47. The topological polar surface area (TPSA) is 0 Å². The summed E-state index contributed by atoms with van der Waals surface area (Å²) in [6, 6.07) is 0. The van der Waals surface area contributed by atoms with Gasteiger partial charge in [0.15, 0.2) is 0 Å². The van der Waals surface area contributed by atoms with Gasteiger partial charge in [0.25, 0.3) is 0 Å². The zero-order valence-electron chi connectivity index (χ0n) is 8.87. The second-order valence-electron chi connectivity index (χ2n) is 4.00. The quantitative estimate of drug-likeness (QED) is 0.442. The van der Waals surface area contributed by atoms with Crippen molar-refractivity contribution < 1.29 is 0 Å². The van der Waals surface area contributed by atoms with E-state index in [-0.39, 0.29) is 29.6 Å². The maximum Gasteiger partial charge on any atom is 0.00393 e. The van der Waals surface area contributed by atoms with Crippen LogP contribution in [-0.2, 0) is 11.8 Å². The molecule has 0 saturated heterocycles. The summed E-state index contributed by atoms with van der Waals surface area (Å²) in [5.74, 6) is 1.41. The second kappa shape index (κ2) is 7.31. The Kier molecular flexibility index (Phi) is 10.0. The molecule has 0 bridgehead atoms. The fourth-order valence-electron chi connectivity index (χ4n) is 1.22. The van der Waals surface area contributed by atoms with E-state index in [1.165, 1.54) is 0 Å². The average molecular weight is 233 g/mol. The molecule has 0 heterocycles. The average Bonchev–Trinajstić information content (AvgIpc) is 1.53. The summed E-state index contributed by atoms with van der Waals surface area (Å²) >= 11 is 10.1. The van der Waals surface area contributed by atoms with E-state index in [0.717, 1.165) is 12.3 Å². The Morgan fingerprint density at radius 3 is 1.50 bits per heavy atom. The van der Waals surface area contributed by atoms with Crippen molar-refractivity contribution in [2.24, 2.45) is 11.8 Å². The van der Waals surface area contributed by atoms with Crippen LogP contribution in [0.5, 0.6) is 0 Å². The third kappa shape index (κ3) is 10.1. The van der Waals surface area contributed by atoms with Crippen LogP contribution in [-0.4, -0.2) is 41.9 Å². The molecule has 0 nitrogen and oxygen atoms in total. The smallest absolute Gasteiger partial charge is 0.00393 e. The zero-order valence-corrected chi connectivity index (χ0v) is 13.5. The third-order valence-corrected chi connectivity index (χ3v) is 5.78. The van der Waals surface area contributed by atoms with Crippen molar-refractivity contribution in [2.45, 2.75) is 27.7 Å². The minimum absolute atomic E-state index is 0. The van der Waals surface area contributed by atoms with Gasteiger partial charge in [0.05, 0.1) is 0 Å². The SMILES string of the molecule is CC(C)CP(=S)(S)CC(C)C.[Na]. The number of rotatable bonds is 4. The van der Waals surface area contributed by atoms with E-state index in [2.05, 4.69) is 39.9 Å². The Morgan fingerprint density at radius 2 is 1.33 bits per heavy atom. The molecule has 0 rings (SSSR count). The van der Waals surface area contributed by atoms with Crippen molar-refractivity contribution in [3.8, 4) is 0 Å². The monoisotopic (exact) mass is 233 g/mol. The molecule has 1 radical (unpaired) electrons. The van der Waals surface area contributed by atoms with Crippen LogP contribution in [0, 0.1) is 11.8 Å². The van der Waals surface area contributed by atoms with Gasteiger partial charge in [-0.2, -0.15) is 0 Å². The van der Waals surface area contributed by atoms with Crippen LogP contribution >= 0.6 is 17.5 Å². The van der Waals surface area contributed by atoms with Crippen LogP contribution in [0.4, 0.5) is 0 Å². The zero-order chi connectivity index (χ0) is 9.07. The van der Waals surface area contributed by atoms with E-state index < -0.39 is 5.24 Å². The molecule has 0 aliphatic rings. The standard InChI is InChI=1S/C8H19PS2.Na/c1-7(2)5-9(10,11)6-8(3)4;/h7-8H,5-6H2,1-4H3,(H,10,11);. The van der Waals surface area contributed by atoms with Gasteiger partial charge in [0.2, 0.25) is 0 Å². The van der Waals surface area contributed by atoms with Crippen LogP contribution in [0.1, 0.15) is 27.7 Å². The van der Waals surface area contributed by atoms with Crippen LogP contribution in [0.15, 0.2) is 0 Å². The molecule has 4 heteroatoms. The van der Waals surface area contributed by atoms with Crippen LogP contribution in [0.3, 0.4) is 0 Å². The van der Waals surface area contributed by atoms with Gasteiger partial charge >= 0.3 is 0 Å². The van der Waals surface area contributed by atoms with E-state index in [4.69, 9.17) is 11.8 Å². The predicted octanol–water partition coefficient (Wildman–Crippen LogP) is 3.24. The Balaban J connectivity index is 0. The molecule has 0 aliphatic heterocycles. The van der Waals surface area contributed by atoms with Gasteiger partial charge in [-0.05, 0) is 24.2 Å². The summed E-state index contributed by atoms with van der Waals surface area (Å²) < 4.78 is 0. The molecule has 0 N–H and O–H groups in total. The van der Waals surface area contributed by atoms with Gasteiger partial charge in [0, 0.05) is 34.8 Å². The molecule has 0 spiro atoms. The van der Waals surface area contributed by atoms with Crippen molar-refractivity contribution >= 4 is 58.9 Å². The van der Waals surface area contributed by atoms with E-state index in [1.807, 2.05) is 0 Å². The minimum atomic E-state index is -1.28. The van der Waals surface area contributed by atoms with Crippen molar-refractivity contribution in [1.82, 2.24) is 0 Å². The van der Waals surface area contributed by atoms with Gasteiger partial charge in [-0.3, -0.25) is 0 Å². The summed E-state index contributed by atoms with van der Waals surface area (Å²) in [6.45, 7) is 8.88. The van der Waals surface area contributed by atoms with Crippen LogP contribution < -0.4 is 0 Å². The first-order valence-corrected chi connectivity index (χ1v) is 8.47. The molecule has 0 aliphatic carbocycles. The molecule has 0 unspecified atom stereocenters. The first-order valence-electron chi connectivity index (χ1n) is 4.14. The summed E-state index contributed by atoms with van der Waals surface area (Å²) in [5, 5.41) is -1.28. The van der Waals surface area contributed by atoms with Gasteiger partial charge in [0.1, 0.15) is 0 Å². The van der Waals surface area contributed by atoms with Crippen molar-refractivity contribution in [2.75, 3.05) is 12.3 Å². The van der Waals surface area contributed by atoms with Gasteiger partial charge in [-0.15, -0.1) is 12.2 Å². The Morgan fingerprint density at radius 1 is 1.08 bits per heavy atom. The molecule has 0 aromatic rings. The number of hydrogen-bond donors (Lipinski definition) is 1. The first kappa shape index (κ1) is 16.4. The summed E-state index contributed by atoms with van der Waals surface area (Å²) in [6.07, 6.45) is 2.28. The van der Waals surface area contributed by atoms with Crippen molar-refractivity contribution in [1.29, 1.82) is 0 Å². The van der Waals surface area contributed by atoms with Gasteiger partial charge < -0.3 is 0 Å². The second-order valence-corrected chi connectivity index (χ2v) is 11.6. The van der Waals surface area contributed by atoms with E-state index in [1.54, 1.807) is 0 Å². The van der Waals surface area contributed by atoms with Gasteiger partial charge in [-0.1, -0.05) is 39.5 Å². The fourth-order valence-corrected chi connectivity index (χ4v) is 7.40. The van der Waals surface area contributed by atoms with Crippen molar-refractivity contribution in [3.63, 3.8) is 0 Å². The molecule has 69 valence electrons. The predicted molar refractivity (Wildman–Crippen MR) is 68.4 cm³/mol. The molecule has 0 atom stereocenters. The van der Waals surface area contributed by atoms with Gasteiger partial charge in [-0.25, -0.2) is 0 Å². The van der Waals surface area contributed by atoms with E-state index in [0.29, 0.717) is 11.8 Å². The maximum absolute atomic E-state index is 5.47. The molecular weight excluding hydrogens is 214 g/mol. The fraction of sp³-hybridized carbons (Fsp3) is 1.00. The molecular formula is C8H19NaPS2. The minimum Gasteiger partial charge on any atom is -0.141 e. The van der Waals surface area contributed by atoms with E-state index in [9.17, 15) is 0 Å². The molecule has 12 heavy (non-hydrogen) atoms. The molecule has 0 aromatic carbocycles. The first-order chi connectivity index (χ1) is 4.83. The summed E-state index contributed by atoms with van der Waals surface area (Å²) in [4.78, 5) is 0. The molecule has 0 fully saturated rings. The molecule has 0 aromatic heterocycles. The van der Waals surface area contributed by atoms with Crippen LogP contribution in [0.25, 0.3) is 0 Å². The van der Waals surface area contributed by atoms with Crippen LogP contribution in [0.2, 0.25) is 0 Å². The number of thiol groups is 1. The normalized spacial score (nSPS) is 11.9. The Labute approximate surface area is 110 Å². The summed E-state index contributed by atoms with van der Waals surface area (Å²) in [5.41, 5.74) is 0. The number of hydrogen-bond acceptors (Lipinski definition) is 1. The third-order valence-electron chi connectivity index (χ3n) is 1.30. The largest absolute Gasteiger partial charge is 0.141 e. The Hall–Kier alpha value is 2.00.